The van der Waals surface area contributed by atoms with Gasteiger partial charge in [0.05, 0.1) is 16.7 Å². The Balaban J connectivity index is 1.65. The topological polar surface area (TPSA) is 111 Å². The van der Waals surface area contributed by atoms with E-state index in [0.29, 0.717) is 11.5 Å². The molecule has 0 saturated carbocycles. The monoisotopic (exact) mass is 359 g/mol. The van der Waals surface area contributed by atoms with Gasteiger partial charge in [-0.05, 0) is 27.9 Å². The van der Waals surface area contributed by atoms with Crippen LogP contribution in [0.2, 0.25) is 0 Å². The van der Waals surface area contributed by atoms with Crippen molar-refractivity contribution < 1.29 is 4.92 Å². The Morgan fingerprint density at radius 2 is 1.81 bits per heavy atom. The highest BCUT2D eigenvalue weighted by Crippen LogP contribution is 2.25. The molecule has 0 spiro atoms. The molecule has 4 aromatic rings. The van der Waals surface area contributed by atoms with Crippen LogP contribution in [0.4, 0.5) is 17.3 Å². The van der Waals surface area contributed by atoms with E-state index in [0.717, 1.165) is 16.5 Å². The van der Waals surface area contributed by atoms with Crippen LogP contribution in [0.5, 0.6) is 0 Å². The van der Waals surface area contributed by atoms with Crippen molar-refractivity contribution in [2.45, 2.75) is 0 Å². The molecule has 0 fully saturated rings. The van der Waals surface area contributed by atoms with E-state index in [4.69, 9.17) is 0 Å². The van der Waals surface area contributed by atoms with Gasteiger partial charge in [-0.2, -0.15) is 5.10 Å². The number of hydrogen-bond acceptors (Lipinski definition) is 7. The van der Waals surface area contributed by atoms with Crippen molar-refractivity contribution in [1.29, 1.82) is 0 Å². The standard InChI is InChI=1S/C18H13N7O2/c26-25(27)17-11-4-2-7-14(17)12-19-24-18(21-22-23-24)20-16-10-5-8-13-6-1-3-9-15(13)16/h1-12H,(H,20,21,23). The van der Waals surface area contributed by atoms with E-state index in [1.807, 2.05) is 42.5 Å². The summed E-state index contributed by atoms with van der Waals surface area (Å²) in [6, 6.07) is 20.1. The van der Waals surface area contributed by atoms with Gasteiger partial charge in [-0.3, -0.25) is 10.1 Å². The van der Waals surface area contributed by atoms with Crippen LogP contribution < -0.4 is 5.32 Å². The number of aromatic nitrogens is 4. The SMILES string of the molecule is O=[N+]([O-])c1ccccc1C=Nn1nnnc1Nc1cccc2ccccc12. The fourth-order valence-electron chi connectivity index (χ4n) is 2.67. The average molecular weight is 359 g/mol. The maximum atomic E-state index is 11.1. The summed E-state index contributed by atoms with van der Waals surface area (Å²) in [5.41, 5.74) is 1.14. The van der Waals surface area contributed by atoms with Crippen LogP contribution in [0.15, 0.2) is 71.8 Å². The zero-order chi connectivity index (χ0) is 18.6. The van der Waals surface area contributed by atoms with Gasteiger partial charge in [-0.15, -0.1) is 0 Å². The van der Waals surface area contributed by atoms with Crippen LogP contribution in [0.25, 0.3) is 10.8 Å². The molecular weight excluding hydrogens is 346 g/mol. The summed E-state index contributed by atoms with van der Waals surface area (Å²) in [5, 5.41) is 31.8. The number of benzene rings is 3. The third-order valence-corrected chi connectivity index (χ3v) is 3.93. The predicted octanol–water partition coefficient (Wildman–Crippen LogP) is 3.36. The van der Waals surface area contributed by atoms with Crippen LogP contribution in [0.3, 0.4) is 0 Å². The second-order valence-corrected chi connectivity index (χ2v) is 5.60. The van der Waals surface area contributed by atoms with E-state index < -0.39 is 4.92 Å². The molecule has 0 unspecified atom stereocenters. The third kappa shape index (κ3) is 3.33. The lowest BCUT2D eigenvalue weighted by Crippen LogP contribution is -2.02. The minimum Gasteiger partial charge on any atom is -0.321 e. The Bertz CT molecular complexity index is 1150. The van der Waals surface area contributed by atoms with Crippen LogP contribution in [-0.4, -0.2) is 31.5 Å². The first kappa shape index (κ1) is 16.3. The van der Waals surface area contributed by atoms with E-state index in [-0.39, 0.29) is 5.69 Å². The third-order valence-electron chi connectivity index (χ3n) is 3.93. The lowest BCUT2D eigenvalue weighted by Gasteiger charge is -2.07. The maximum absolute atomic E-state index is 11.1. The number of nitrogens with one attached hydrogen (secondary N) is 1. The minimum absolute atomic E-state index is 0.0436. The van der Waals surface area contributed by atoms with Crippen molar-refractivity contribution >= 4 is 34.3 Å². The van der Waals surface area contributed by atoms with Crippen molar-refractivity contribution in [2.75, 3.05) is 5.32 Å². The molecule has 1 heterocycles. The lowest BCUT2D eigenvalue weighted by molar-refractivity contribution is -0.385. The summed E-state index contributed by atoms with van der Waals surface area (Å²) in [7, 11) is 0. The van der Waals surface area contributed by atoms with Crippen molar-refractivity contribution in [3.63, 3.8) is 0 Å². The molecule has 0 atom stereocenters. The molecule has 0 bridgehead atoms. The number of nitro groups is 1. The average Bonchev–Trinajstić information content (AvgIpc) is 3.14. The van der Waals surface area contributed by atoms with Crippen molar-refractivity contribution in [3.8, 4) is 0 Å². The molecule has 4 rings (SSSR count). The fourth-order valence-corrected chi connectivity index (χ4v) is 2.67. The van der Waals surface area contributed by atoms with Crippen molar-refractivity contribution in [1.82, 2.24) is 20.3 Å². The fraction of sp³-hybridized carbons (Fsp3) is 0. The van der Waals surface area contributed by atoms with E-state index in [1.165, 1.54) is 17.1 Å². The molecule has 0 radical (unpaired) electrons. The van der Waals surface area contributed by atoms with Crippen LogP contribution >= 0.6 is 0 Å². The Hall–Kier alpha value is -4.14. The Kier molecular flexibility index (Phi) is 4.24. The molecule has 1 N–H and O–H groups in total. The van der Waals surface area contributed by atoms with E-state index >= 15 is 0 Å². The summed E-state index contributed by atoms with van der Waals surface area (Å²) in [5.74, 6) is 0.293. The number of nitrogens with zero attached hydrogens (tertiary/aromatic N) is 6. The van der Waals surface area contributed by atoms with Crippen LogP contribution in [0, 0.1) is 10.1 Å². The van der Waals surface area contributed by atoms with E-state index in [2.05, 4.69) is 25.9 Å². The molecule has 0 aliphatic carbocycles. The van der Waals surface area contributed by atoms with Crippen molar-refractivity contribution in [2.24, 2.45) is 5.10 Å². The van der Waals surface area contributed by atoms with Crippen LogP contribution in [-0.2, 0) is 0 Å². The number of tetrazole rings is 1. The van der Waals surface area contributed by atoms with Gasteiger partial charge in [-0.25, -0.2) is 0 Å². The highest BCUT2D eigenvalue weighted by molar-refractivity contribution is 5.94. The summed E-state index contributed by atoms with van der Waals surface area (Å²) in [6.07, 6.45) is 1.35. The number of rotatable bonds is 5. The first-order chi connectivity index (χ1) is 13.2. The predicted molar refractivity (Wildman–Crippen MR) is 101 cm³/mol. The van der Waals surface area contributed by atoms with E-state index in [9.17, 15) is 10.1 Å². The Morgan fingerprint density at radius 1 is 1.04 bits per heavy atom. The summed E-state index contributed by atoms with van der Waals surface area (Å²) >= 11 is 0. The Labute approximate surface area is 153 Å². The van der Waals surface area contributed by atoms with Crippen LogP contribution in [0.1, 0.15) is 5.56 Å². The summed E-state index contributed by atoms with van der Waals surface area (Å²) in [4.78, 5) is 11.8. The highest BCUT2D eigenvalue weighted by Gasteiger charge is 2.11. The molecule has 0 saturated heterocycles. The maximum Gasteiger partial charge on any atom is 0.278 e. The van der Waals surface area contributed by atoms with Gasteiger partial charge in [0.15, 0.2) is 0 Å². The molecular formula is C18H13N7O2. The molecule has 0 aliphatic heterocycles. The van der Waals surface area contributed by atoms with Gasteiger partial charge in [0.1, 0.15) is 0 Å². The quantitative estimate of drug-likeness (QED) is 0.332. The van der Waals surface area contributed by atoms with Gasteiger partial charge >= 0.3 is 0 Å². The molecule has 27 heavy (non-hydrogen) atoms. The molecule has 9 nitrogen and oxygen atoms in total. The molecule has 0 aliphatic rings. The zero-order valence-corrected chi connectivity index (χ0v) is 13.9. The highest BCUT2D eigenvalue weighted by atomic mass is 16.6. The van der Waals surface area contributed by atoms with Gasteiger partial charge in [0, 0.05) is 17.1 Å². The van der Waals surface area contributed by atoms with Gasteiger partial charge in [-0.1, -0.05) is 58.4 Å². The van der Waals surface area contributed by atoms with E-state index in [1.54, 1.807) is 18.2 Å². The molecule has 132 valence electrons. The summed E-state index contributed by atoms with van der Waals surface area (Å²) in [6.45, 7) is 0. The number of anilines is 2. The number of fused-ring (bicyclic) bond motifs is 1. The van der Waals surface area contributed by atoms with Gasteiger partial charge in [0.25, 0.3) is 11.6 Å². The summed E-state index contributed by atoms with van der Waals surface area (Å²) < 4.78 is 0. The zero-order valence-electron chi connectivity index (χ0n) is 13.9. The van der Waals surface area contributed by atoms with Gasteiger partial charge < -0.3 is 5.32 Å². The molecule has 9 heteroatoms. The lowest BCUT2D eigenvalue weighted by atomic mass is 10.1. The first-order valence-corrected chi connectivity index (χ1v) is 8.03. The number of nitro benzene ring substituents is 1. The smallest absolute Gasteiger partial charge is 0.278 e. The molecule has 1 aromatic heterocycles. The van der Waals surface area contributed by atoms with Gasteiger partial charge in [0.2, 0.25) is 0 Å². The normalized spacial score (nSPS) is 11.1. The number of hydrogen-bond donors (Lipinski definition) is 1. The molecule has 3 aromatic carbocycles. The second kappa shape index (κ2) is 7.00. The number of para-hydroxylation sites is 1. The Morgan fingerprint density at radius 3 is 2.70 bits per heavy atom. The minimum atomic E-state index is -0.462. The van der Waals surface area contributed by atoms with Crippen molar-refractivity contribution in [3.05, 3.63) is 82.4 Å². The first-order valence-electron chi connectivity index (χ1n) is 8.03. The molecule has 0 amide bonds. The largest absolute Gasteiger partial charge is 0.321 e. The second-order valence-electron chi connectivity index (χ2n) is 5.60.